The van der Waals surface area contributed by atoms with Crippen molar-refractivity contribution in [3.63, 3.8) is 0 Å². The highest BCUT2D eigenvalue weighted by atomic mass is 19.1. The number of nitrogens with zero attached hydrogens (tertiary/aromatic N) is 1. The van der Waals surface area contributed by atoms with Crippen molar-refractivity contribution in [3.05, 3.63) is 35.7 Å². The van der Waals surface area contributed by atoms with Gasteiger partial charge in [0.1, 0.15) is 5.82 Å². The normalized spacial score (nSPS) is 19.3. The van der Waals surface area contributed by atoms with Gasteiger partial charge in [-0.2, -0.15) is 0 Å². The lowest BCUT2D eigenvalue weighted by Crippen LogP contribution is -2.23. The van der Waals surface area contributed by atoms with E-state index in [0.717, 1.165) is 19.0 Å². The van der Waals surface area contributed by atoms with Gasteiger partial charge in [0.2, 0.25) is 0 Å². The van der Waals surface area contributed by atoms with Crippen LogP contribution in [0.4, 0.5) is 10.1 Å². The van der Waals surface area contributed by atoms with Gasteiger partial charge < -0.3 is 14.7 Å². The van der Waals surface area contributed by atoms with Crippen molar-refractivity contribution in [2.24, 2.45) is 0 Å². The van der Waals surface area contributed by atoms with E-state index in [-0.39, 0.29) is 6.10 Å². The number of hydrogen-bond acceptors (Lipinski definition) is 3. The van der Waals surface area contributed by atoms with E-state index in [9.17, 15) is 9.18 Å². The maximum absolute atomic E-state index is 13.8. The minimum absolute atomic E-state index is 0.138. The van der Waals surface area contributed by atoms with E-state index in [4.69, 9.17) is 9.84 Å². The van der Waals surface area contributed by atoms with Crippen LogP contribution in [0, 0.1) is 5.82 Å². The Morgan fingerprint density at radius 1 is 1.58 bits per heavy atom. The highest BCUT2D eigenvalue weighted by Gasteiger charge is 2.24. The van der Waals surface area contributed by atoms with Crippen LogP contribution in [0.1, 0.15) is 12.0 Å². The summed E-state index contributed by atoms with van der Waals surface area (Å²) in [6, 6.07) is 4.75. The fourth-order valence-electron chi connectivity index (χ4n) is 2.26. The van der Waals surface area contributed by atoms with Gasteiger partial charge >= 0.3 is 5.97 Å². The SMILES string of the molecule is COC1CCN(c2cccc(F)c2/C=C/C(=O)O)C1. The van der Waals surface area contributed by atoms with Crippen LogP contribution in [0.3, 0.4) is 0 Å². The first-order valence-corrected chi connectivity index (χ1v) is 6.09. The first-order valence-electron chi connectivity index (χ1n) is 6.09. The molecule has 0 aromatic heterocycles. The highest BCUT2D eigenvalue weighted by molar-refractivity contribution is 5.87. The molecule has 19 heavy (non-hydrogen) atoms. The van der Waals surface area contributed by atoms with Gasteiger partial charge in [0.25, 0.3) is 0 Å². The lowest BCUT2D eigenvalue weighted by Gasteiger charge is -2.21. The van der Waals surface area contributed by atoms with Gasteiger partial charge in [0.05, 0.1) is 6.10 Å². The molecule has 0 radical (unpaired) electrons. The Kier molecular flexibility index (Phi) is 4.16. The maximum atomic E-state index is 13.8. The van der Waals surface area contributed by atoms with Crippen LogP contribution in [0.15, 0.2) is 24.3 Å². The number of anilines is 1. The second kappa shape index (κ2) is 5.84. The minimum atomic E-state index is -1.09. The Balaban J connectivity index is 2.30. The molecule has 1 fully saturated rings. The van der Waals surface area contributed by atoms with Crippen molar-refractivity contribution in [1.82, 2.24) is 0 Å². The molecule has 1 saturated heterocycles. The average molecular weight is 265 g/mol. The lowest BCUT2D eigenvalue weighted by atomic mass is 10.1. The molecule has 0 spiro atoms. The average Bonchev–Trinajstić information content (AvgIpc) is 2.85. The predicted molar refractivity (Wildman–Crippen MR) is 70.7 cm³/mol. The number of ether oxygens (including phenoxy) is 1. The highest BCUT2D eigenvalue weighted by Crippen LogP contribution is 2.28. The van der Waals surface area contributed by atoms with E-state index >= 15 is 0 Å². The van der Waals surface area contributed by atoms with Crippen molar-refractivity contribution in [2.45, 2.75) is 12.5 Å². The number of carbonyl (C=O) groups is 1. The summed E-state index contributed by atoms with van der Waals surface area (Å²) in [7, 11) is 1.66. The third-order valence-electron chi connectivity index (χ3n) is 3.24. The summed E-state index contributed by atoms with van der Waals surface area (Å²) in [5.41, 5.74) is 1.01. The first-order chi connectivity index (χ1) is 9.11. The molecule has 4 nitrogen and oxygen atoms in total. The maximum Gasteiger partial charge on any atom is 0.328 e. The summed E-state index contributed by atoms with van der Waals surface area (Å²) in [5, 5.41) is 8.66. The standard InChI is InChI=1S/C14H16FNO3/c1-19-10-7-8-16(9-10)13-4-2-3-12(15)11(13)5-6-14(17)18/h2-6,10H,7-9H2,1H3,(H,17,18)/b6-5+. The molecule has 1 unspecified atom stereocenters. The molecule has 2 rings (SSSR count). The smallest absolute Gasteiger partial charge is 0.328 e. The Bertz CT molecular complexity index is 501. The minimum Gasteiger partial charge on any atom is -0.478 e. The first kappa shape index (κ1) is 13.5. The van der Waals surface area contributed by atoms with Crippen LogP contribution < -0.4 is 4.90 Å². The Morgan fingerprint density at radius 2 is 2.37 bits per heavy atom. The van der Waals surface area contributed by atoms with E-state index in [1.54, 1.807) is 19.2 Å². The van der Waals surface area contributed by atoms with Gasteiger partial charge in [0.15, 0.2) is 0 Å². The molecule has 1 aliphatic rings. The third kappa shape index (κ3) is 3.12. The molecule has 1 aliphatic heterocycles. The van der Waals surface area contributed by atoms with Crippen LogP contribution in [0.2, 0.25) is 0 Å². The van der Waals surface area contributed by atoms with Crippen LogP contribution in [-0.2, 0) is 9.53 Å². The summed E-state index contributed by atoms with van der Waals surface area (Å²) in [5.74, 6) is -1.51. The third-order valence-corrected chi connectivity index (χ3v) is 3.24. The van der Waals surface area contributed by atoms with E-state index in [1.165, 1.54) is 12.1 Å². The van der Waals surface area contributed by atoms with Gasteiger partial charge in [-0.25, -0.2) is 9.18 Å². The summed E-state index contributed by atoms with van der Waals surface area (Å²) in [6.07, 6.45) is 3.27. The molecule has 0 bridgehead atoms. The number of carboxylic acid groups (broad SMARTS) is 1. The molecule has 1 atom stereocenters. The van der Waals surface area contributed by atoms with Gasteiger partial charge in [-0.1, -0.05) is 6.07 Å². The fourth-order valence-corrected chi connectivity index (χ4v) is 2.26. The zero-order chi connectivity index (χ0) is 13.8. The number of carboxylic acids is 1. The van der Waals surface area contributed by atoms with Crippen LogP contribution in [0.25, 0.3) is 6.08 Å². The molecule has 1 N–H and O–H groups in total. The van der Waals surface area contributed by atoms with E-state index in [0.29, 0.717) is 17.8 Å². The molecule has 5 heteroatoms. The summed E-state index contributed by atoms with van der Waals surface area (Å²) in [4.78, 5) is 12.6. The van der Waals surface area contributed by atoms with Crippen LogP contribution in [0.5, 0.6) is 0 Å². The van der Waals surface area contributed by atoms with E-state index in [1.807, 2.05) is 4.90 Å². The van der Waals surface area contributed by atoms with Gasteiger partial charge in [-0.15, -0.1) is 0 Å². The molecule has 0 aliphatic carbocycles. The topological polar surface area (TPSA) is 49.8 Å². The Labute approximate surface area is 111 Å². The number of rotatable bonds is 4. The summed E-state index contributed by atoms with van der Waals surface area (Å²) in [6.45, 7) is 1.46. The number of aliphatic carboxylic acids is 1. The second-order valence-corrected chi connectivity index (χ2v) is 4.44. The quantitative estimate of drug-likeness (QED) is 0.847. The van der Waals surface area contributed by atoms with Crippen molar-refractivity contribution >= 4 is 17.7 Å². The Morgan fingerprint density at radius 3 is 3.00 bits per heavy atom. The number of halogens is 1. The fraction of sp³-hybridized carbons (Fsp3) is 0.357. The van der Waals surface area contributed by atoms with E-state index < -0.39 is 11.8 Å². The number of benzene rings is 1. The molecular weight excluding hydrogens is 249 g/mol. The Hall–Kier alpha value is -1.88. The van der Waals surface area contributed by atoms with Crippen molar-refractivity contribution in [3.8, 4) is 0 Å². The summed E-state index contributed by atoms with van der Waals surface area (Å²) < 4.78 is 19.1. The molecule has 1 heterocycles. The van der Waals surface area contributed by atoms with Crippen molar-refractivity contribution < 1.29 is 19.0 Å². The monoisotopic (exact) mass is 265 g/mol. The zero-order valence-corrected chi connectivity index (χ0v) is 10.7. The number of hydrogen-bond donors (Lipinski definition) is 1. The van der Waals surface area contributed by atoms with Gasteiger partial charge in [-0.05, 0) is 24.6 Å². The molecular formula is C14H16FNO3. The van der Waals surface area contributed by atoms with Gasteiger partial charge in [-0.3, -0.25) is 0 Å². The largest absolute Gasteiger partial charge is 0.478 e. The van der Waals surface area contributed by atoms with Crippen molar-refractivity contribution in [2.75, 3.05) is 25.1 Å². The molecule has 1 aromatic carbocycles. The summed E-state index contributed by atoms with van der Waals surface area (Å²) >= 11 is 0. The van der Waals surface area contributed by atoms with E-state index in [2.05, 4.69) is 0 Å². The predicted octanol–water partition coefficient (Wildman–Crippen LogP) is 2.15. The lowest BCUT2D eigenvalue weighted by molar-refractivity contribution is -0.131. The number of methoxy groups -OCH3 is 1. The molecule has 102 valence electrons. The van der Waals surface area contributed by atoms with Crippen LogP contribution in [-0.4, -0.2) is 37.4 Å². The molecule has 0 amide bonds. The zero-order valence-electron chi connectivity index (χ0n) is 10.7. The van der Waals surface area contributed by atoms with Crippen molar-refractivity contribution in [1.29, 1.82) is 0 Å². The molecule has 1 aromatic rings. The van der Waals surface area contributed by atoms with Gasteiger partial charge in [0, 0.05) is 37.5 Å². The second-order valence-electron chi connectivity index (χ2n) is 4.44. The molecule has 0 saturated carbocycles. The van der Waals surface area contributed by atoms with Crippen LogP contribution >= 0.6 is 0 Å².